The summed E-state index contributed by atoms with van der Waals surface area (Å²) < 4.78 is 7.20. The lowest BCUT2D eigenvalue weighted by atomic mass is 10.0. The van der Waals surface area contributed by atoms with Crippen molar-refractivity contribution in [2.24, 2.45) is 0 Å². The molecular weight excluding hydrogens is 314 g/mol. The van der Waals surface area contributed by atoms with Crippen molar-refractivity contribution < 1.29 is 9.53 Å². The Hall–Kier alpha value is -2.82. The summed E-state index contributed by atoms with van der Waals surface area (Å²) in [5, 5.41) is 9.40. The monoisotopic (exact) mass is 337 g/mol. The maximum Gasteiger partial charge on any atom is 0.224 e. The van der Waals surface area contributed by atoms with Gasteiger partial charge in [0.25, 0.3) is 0 Å². The van der Waals surface area contributed by atoms with E-state index in [0.717, 1.165) is 40.6 Å². The van der Waals surface area contributed by atoms with Gasteiger partial charge in [-0.25, -0.2) is 0 Å². The molecule has 3 rings (SSSR count). The second kappa shape index (κ2) is 7.83. The summed E-state index contributed by atoms with van der Waals surface area (Å²) in [4.78, 5) is 12.3. The minimum atomic E-state index is 0.0342. The Kier molecular flexibility index (Phi) is 5.33. The number of benzene rings is 2. The van der Waals surface area contributed by atoms with Crippen LogP contribution in [0.2, 0.25) is 0 Å². The van der Waals surface area contributed by atoms with Crippen molar-refractivity contribution >= 4 is 16.7 Å². The van der Waals surface area contributed by atoms with Crippen molar-refractivity contribution in [2.75, 3.05) is 13.7 Å². The van der Waals surface area contributed by atoms with Crippen molar-refractivity contribution in [3.63, 3.8) is 0 Å². The van der Waals surface area contributed by atoms with E-state index in [0.29, 0.717) is 13.0 Å². The molecule has 2 aromatic carbocycles. The lowest BCUT2D eigenvalue weighted by Crippen LogP contribution is -2.26. The fraction of sp³-hybridized carbons (Fsp3) is 0.300. The first kappa shape index (κ1) is 17.0. The molecule has 5 nitrogen and oxygen atoms in total. The van der Waals surface area contributed by atoms with Gasteiger partial charge in [-0.05, 0) is 47.4 Å². The lowest BCUT2D eigenvalue weighted by molar-refractivity contribution is -0.120. The third-order valence-electron chi connectivity index (χ3n) is 4.18. The quantitative estimate of drug-likeness (QED) is 0.674. The van der Waals surface area contributed by atoms with Crippen molar-refractivity contribution in [3.05, 3.63) is 59.9 Å². The highest BCUT2D eigenvalue weighted by Crippen LogP contribution is 2.24. The Morgan fingerprint density at radius 3 is 2.92 bits per heavy atom. The Morgan fingerprint density at radius 1 is 1.28 bits per heavy atom. The van der Waals surface area contributed by atoms with Gasteiger partial charge in [0.05, 0.1) is 19.7 Å². The number of fused-ring (bicyclic) bond motifs is 1. The van der Waals surface area contributed by atoms with Crippen LogP contribution in [-0.4, -0.2) is 29.3 Å². The number of amides is 1. The van der Waals surface area contributed by atoms with Crippen LogP contribution < -0.4 is 10.1 Å². The second-order valence-corrected chi connectivity index (χ2v) is 6.17. The molecule has 0 unspecified atom stereocenters. The maximum atomic E-state index is 12.3. The SMILES string of the molecule is COc1ccc2cccc(CC(=O)NCCCn3cc(C)cn3)c2c1. The smallest absolute Gasteiger partial charge is 0.224 e. The first-order chi connectivity index (χ1) is 12.2. The molecule has 5 heteroatoms. The molecule has 0 saturated carbocycles. The lowest BCUT2D eigenvalue weighted by Gasteiger charge is -2.09. The number of methoxy groups -OCH3 is 1. The summed E-state index contributed by atoms with van der Waals surface area (Å²) in [6.07, 6.45) is 5.07. The van der Waals surface area contributed by atoms with E-state index in [4.69, 9.17) is 4.74 Å². The first-order valence-corrected chi connectivity index (χ1v) is 8.47. The van der Waals surface area contributed by atoms with Gasteiger partial charge in [0.2, 0.25) is 5.91 Å². The molecular formula is C20H23N3O2. The average molecular weight is 337 g/mol. The fourth-order valence-electron chi connectivity index (χ4n) is 2.89. The molecule has 0 bridgehead atoms. The molecule has 130 valence electrons. The minimum Gasteiger partial charge on any atom is -0.497 e. The fourth-order valence-corrected chi connectivity index (χ4v) is 2.89. The topological polar surface area (TPSA) is 56.1 Å². The molecule has 0 saturated heterocycles. The van der Waals surface area contributed by atoms with Crippen LogP contribution in [-0.2, 0) is 17.8 Å². The molecule has 1 N–H and O–H groups in total. The van der Waals surface area contributed by atoms with Gasteiger partial charge < -0.3 is 10.1 Å². The van der Waals surface area contributed by atoms with Crippen LogP contribution in [0.5, 0.6) is 5.75 Å². The van der Waals surface area contributed by atoms with E-state index in [1.165, 1.54) is 0 Å². The number of hydrogen-bond acceptors (Lipinski definition) is 3. The predicted octanol–water partition coefficient (Wildman–Crippen LogP) is 3.10. The van der Waals surface area contributed by atoms with E-state index < -0.39 is 0 Å². The maximum absolute atomic E-state index is 12.3. The number of rotatable bonds is 7. The molecule has 0 spiro atoms. The summed E-state index contributed by atoms with van der Waals surface area (Å²) in [5.74, 6) is 0.835. The number of carbonyl (C=O) groups excluding carboxylic acids is 1. The highest BCUT2D eigenvalue weighted by Gasteiger charge is 2.08. The normalized spacial score (nSPS) is 10.8. The summed E-state index contributed by atoms with van der Waals surface area (Å²) in [7, 11) is 1.65. The second-order valence-electron chi connectivity index (χ2n) is 6.17. The van der Waals surface area contributed by atoms with Gasteiger partial charge >= 0.3 is 0 Å². The Balaban J connectivity index is 1.56. The van der Waals surface area contributed by atoms with E-state index >= 15 is 0 Å². The van der Waals surface area contributed by atoms with E-state index in [1.54, 1.807) is 7.11 Å². The molecule has 0 radical (unpaired) electrons. The van der Waals surface area contributed by atoms with Gasteiger partial charge in [-0.15, -0.1) is 0 Å². The van der Waals surface area contributed by atoms with Gasteiger partial charge in [-0.2, -0.15) is 5.10 Å². The third-order valence-corrected chi connectivity index (χ3v) is 4.18. The zero-order valence-corrected chi connectivity index (χ0v) is 14.7. The Bertz CT molecular complexity index is 870. The number of nitrogens with zero attached hydrogens (tertiary/aromatic N) is 2. The predicted molar refractivity (Wildman–Crippen MR) is 98.8 cm³/mol. The van der Waals surface area contributed by atoms with E-state index in [2.05, 4.69) is 10.4 Å². The van der Waals surface area contributed by atoms with Crippen molar-refractivity contribution in [2.45, 2.75) is 26.3 Å². The molecule has 3 aromatic rings. The van der Waals surface area contributed by atoms with Crippen LogP contribution in [0.25, 0.3) is 10.8 Å². The molecule has 1 aromatic heterocycles. The number of carbonyl (C=O) groups is 1. The molecule has 1 amide bonds. The van der Waals surface area contributed by atoms with E-state index in [9.17, 15) is 4.79 Å². The largest absolute Gasteiger partial charge is 0.497 e. The van der Waals surface area contributed by atoms with E-state index in [1.807, 2.05) is 60.4 Å². The van der Waals surface area contributed by atoms with Gasteiger partial charge in [0.15, 0.2) is 0 Å². The Labute approximate surface area is 147 Å². The average Bonchev–Trinajstić information content (AvgIpc) is 3.04. The number of nitrogens with one attached hydrogen (secondary N) is 1. The van der Waals surface area contributed by atoms with Crippen LogP contribution in [0.4, 0.5) is 0 Å². The van der Waals surface area contributed by atoms with Crippen LogP contribution >= 0.6 is 0 Å². The summed E-state index contributed by atoms with van der Waals surface area (Å²) in [6.45, 7) is 3.47. The molecule has 0 aliphatic heterocycles. The number of ether oxygens (including phenoxy) is 1. The van der Waals surface area contributed by atoms with Crippen LogP contribution in [0.3, 0.4) is 0 Å². The standard InChI is InChI=1S/C20H23N3O2/c1-15-13-22-23(14-15)10-4-9-21-20(24)11-17-6-3-5-16-7-8-18(25-2)12-19(16)17/h3,5-8,12-14H,4,9-11H2,1-2H3,(H,21,24). The van der Waals surface area contributed by atoms with Gasteiger partial charge in [0, 0.05) is 19.3 Å². The van der Waals surface area contributed by atoms with Crippen LogP contribution in [0, 0.1) is 6.92 Å². The highest BCUT2D eigenvalue weighted by molar-refractivity contribution is 5.91. The summed E-state index contributed by atoms with van der Waals surface area (Å²) >= 11 is 0. The molecule has 25 heavy (non-hydrogen) atoms. The number of hydrogen-bond donors (Lipinski definition) is 1. The molecule has 0 aliphatic rings. The first-order valence-electron chi connectivity index (χ1n) is 8.47. The van der Waals surface area contributed by atoms with Gasteiger partial charge in [0.1, 0.15) is 5.75 Å². The van der Waals surface area contributed by atoms with Gasteiger partial charge in [-0.3, -0.25) is 9.48 Å². The summed E-state index contributed by atoms with van der Waals surface area (Å²) in [5.41, 5.74) is 2.16. The molecule has 0 aliphatic carbocycles. The van der Waals surface area contributed by atoms with Crippen LogP contribution in [0.15, 0.2) is 48.8 Å². The molecule has 1 heterocycles. The number of aryl methyl sites for hydroxylation is 2. The third kappa shape index (κ3) is 4.38. The highest BCUT2D eigenvalue weighted by atomic mass is 16.5. The van der Waals surface area contributed by atoms with Crippen LogP contribution in [0.1, 0.15) is 17.5 Å². The van der Waals surface area contributed by atoms with Crippen molar-refractivity contribution in [1.29, 1.82) is 0 Å². The zero-order valence-electron chi connectivity index (χ0n) is 14.7. The minimum absolute atomic E-state index is 0.0342. The van der Waals surface area contributed by atoms with Crippen molar-refractivity contribution in [1.82, 2.24) is 15.1 Å². The van der Waals surface area contributed by atoms with Crippen molar-refractivity contribution in [3.8, 4) is 5.75 Å². The van der Waals surface area contributed by atoms with Gasteiger partial charge in [-0.1, -0.05) is 24.3 Å². The zero-order chi connectivity index (χ0) is 17.6. The Morgan fingerprint density at radius 2 is 2.16 bits per heavy atom. The molecule has 0 atom stereocenters. The number of aromatic nitrogens is 2. The molecule has 0 fully saturated rings. The summed E-state index contributed by atoms with van der Waals surface area (Å²) in [6, 6.07) is 12.0. The van der Waals surface area contributed by atoms with E-state index in [-0.39, 0.29) is 5.91 Å².